The number of para-hydroxylation sites is 1. The van der Waals surface area contributed by atoms with Gasteiger partial charge in [0.05, 0.1) is 6.61 Å². The van der Waals surface area contributed by atoms with Crippen LogP contribution in [0.1, 0.15) is 44.4 Å². The van der Waals surface area contributed by atoms with Crippen LogP contribution in [0.2, 0.25) is 0 Å². The van der Waals surface area contributed by atoms with Gasteiger partial charge in [-0.2, -0.15) is 0 Å². The van der Waals surface area contributed by atoms with Gasteiger partial charge in [-0.25, -0.2) is 0 Å². The van der Waals surface area contributed by atoms with Crippen molar-refractivity contribution in [3.8, 4) is 5.75 Å². The van der Waals surface area contributed by atoms with Crippen LogP contribution >= 0.6 is 0 Å². The summed E-state index contributed by atoms with van der Waals surface area (Å²) < 4.78 is 5.69. The lowest BCUT2D eigenvalue weighted by molar-refractivity contribution is 0.325. The molecular formula is C14H21NO. The standard InChI is InChI=1S/C14H21NO/c1-14(2,3)9-12(15)11-6-4-5-10-7-8-16-13(10)11/h4-6,12H,7-9,15H2,1-3H3. The minimum Gasteiger partial charge on any atom is -0.493 e. The third-order valence-corrected chi connectivity index (χ3v) is 2.98. The van der Waals surface area contributed by atoms with Crippen LogP contribution in [0.5, 0.6) is 5.75 Å². The van der Waals surface area contributed by atoms with E-state index < -0.39 is 0 Å². The lowest BCUT2D eigenvalue weighted by Crippen LogP contribution is -2.19. The van der Waals surface area contributed by atoms with Gasteiger partial charge in [-0.05, 0) is 17.4 Å². The fourth-order valence-electron chi connectivity index (χ4n) is 2.30. The molecule has 1 aliphatic rings. The lowest BCUT2D eigenvalue weighted by atomic mass is 9.85. The highest BCUT2D eigenvalue weighted by atomic mass is 16.5. The fourth-order valence-corrected chi connectivity index (χ4v) is 2.30. The predicted octanol–water partition coefficient (Wildman–Crippen LogP) is 3.06. The summed E-state index contributed by atoms with van der Waals surface area (Å²) in [4.78, 5) is 0. The van der Waals surface area contributed by atoms with Crippen LogP contribution in [0.3, 0.4) is 0 Å². The van der Waals surface area contributed by atoms with E-state index in [-0.39, 0.29) is 11.5 Å². The Hall–Kier alpha value is -1.02. The Kier molecular flexibility index (Phi) is 2.94. The molecule has 16 heavy (non-hydrogen) atoms. The number of hydrogen-bond donors (Lipinski definition) is 1. The quantitative estimate of drug-likeness (QED) is 0.829. The smallest absolute Gasteiger partial charge is 0.127 e. The highest BCUT2D eigenvalue weighted by molar-refractivity contribution is 5.45. The third kappa shape index (κ3) is 2.38. The van der Waals surface area contributed by atoms with Crippen LogP contribution in [0, 0.1) is 5.41 Å². The fraction of sp³-hybridized carbons (Fsp3) is 0.571. The second-order valence-corrected chi connectivity index (χ2v) is 5.81. The Labute approximate surface area is 97.8 Å². The average Bonchev–Trinajstić information content (AvgIpc) is 2.61. The first-order valence-electron chi connectivity index (χ1n) is 5.97. The van der Waals surface area contributed by atoms with E-state index in [1.54, 1.807) is 0 Å². The highest BCUT2D eigenvalue weighted by Crippen LogP contribution is 2.36. The summed E-state index contributed by atoms with van der Waals surface area (Å²) in [6.45, 7) is 7.46. The van der Waals surface area contributed by atoms with Crippen molar-refractivity contribution >= 4 is 0 Å². The molecule has 0 amide bonds. The summed E-state index contributed by atoms with van der Waals surface area (Å²) in [6, 6.07) is 6.40. The molecule has 1 unspecified atom stereocenters. The second kappa shape index (κ2) is 4.10. The van der Waals surface area contributed by atoms with Crippen LogP contribution < -0.4 is 10.5 Å². The van der Waals surface area contributed by atoms with Gasteiger partial charge in [0.2, 0.25) is 0 Å². The molecule has 0 radical (unpaired) electrons. The first-order valence-corrected chi connectivity index (χ1v) is 5.97. The van der Waals surface area contributed by atoms with Gasteiger partial charge in [0, 0.05) is 18.0 Å². The monoisotopic (exact) mass is 219 g/mol. The molecule has 0 aromatic heterocycles. The van der Waals surface area contributed by atoms with Crippen LogP contribution in [-0.2, 0) is 6.42 Å². The van der Waals surface area contributed by atoms with Crippen molar-refractivity contribution in [3.05, 3.63) is 29.3 Å². The molecule has 0 spiro atoms. The van der Waals surface area contributed by atoms with Crippen molar-refractivity contribution in [1.82, 2.24) is 0 Å². The van der Waals surface area contributed by atoms with Crippen molar-refractivity contribution in [1.29, 1.82) is 0 Å². The molecule has 2 rings (SSSR count). The van der Waals surface area contributed by atoms with Crippen LogP contribution in [0.4, 0.5) is 0 Å². The number of benzene rings is 1. The minimum absolute atomic E-state index is 0.0769. The van der Waals surface area contributed by atoms with Gasteiger partial charge in [0.25, 0.3) is 0 Å². The summed E-state index contributed by atoms with van der Waals surface area (Å²) in [5.74, 6) is 1.04. The summed E-state index contributed by atoms with van der Waals surface area (Å²) >= 11 is 0. The van der Waals surface area contributed by atoms with E-state index in [0.717, 1.165) is 25.2 Å². The van der Waals surface area contributed by atoms with Gasteiger partial charge < -0.3 is 10.5 Å². The molecule has 2 N–H and O–H groups in total. The summed E-state index contributed by atoms with van der Waals surface area (Å²) in [6.07, 6.45) is 2.00. The van der Waals surface area contributed by atoms with E-state index in [0.29, 0.717) is 0 Å². The minimum atomic E-state index is 0.0769. The van der Waals surface area contributed by atoms with E-state index in [4.69, 9.17) is 10.5 Å². The molecule has 0 saturated carbocycles. The largest absolute Gasteiger partial charge is 0.493 e. The number of nitrogens with two attached hydrogens (primary N) is 1. The van der Waals surface area contributed by atoms with Crippen molar-refractivity contribution in [2.24, 2.45) is 11.1 Å². The molecule has 0 aliphatic carbocycles. The van der Waals surface area contributed by atoms with Gasteiger partial charge in [0.15, 0.2) is 0 Å². The number of rotatable bonds is 2. The van der Waals surface area contributed by atoms with Crippen LogP contribution in [0.25, 0.3) is 0 Å². The van der Waals surface area contributed by atoms with Gasteiger partial charge in [-0.3, -0.25) is 0 Å². The molecule has 1 aromatic carbocycles. The number of ether oxygens (including phenoxy) is 1. The maximum Gasteiger partial charge on any atom is 0.127 e. The van der Waals surface area contributed by atoms with Crippen molar-refractivity contribution in [3.63, 3.8) is 0 Å². The highest BCUT2D eigenvalue weighted by Gasteiger charge is 2.23. The molecular weight excluding hydrogens is 198 g/mol. The summed E-state index contributed by atoms with van der Waals surface area (Å²) in [5.41, 5.74) is 9.00. The molecule has 0 bridgehead atoms. The first kappa shape index (κ1) is 11.5. The Morgan fingerprint density at radius 1 is 1.38 bits per heavy atom. The number of fused-ring (bicyclic) bond motifs is 1. The Morgan fingerprint density at radius 3 is 2.81 bits per heavy atom. The van der Waals surface area contributed by atoms with E-state index in [9.17, 15) is 0 Å². The maximum absolute atomic E-state index is 6.27. The van der Waals surface area contributed by atoms with Crippen molar-refractivity contribution in [2.45, 2.75) is 39.7 Å². The van der Waals surface area contributed by atoms with Crippen LogP contribution in [0.15, 0.2) is 18.2 Å². The zero-order valence-corrected chi connectivity index (χ0v) is 10.4. The molecule has 0 fully saturated rings. The van der Waals surface area contributed by atoms with Gasteiger partial charge in [0.1, 0.15) is 5.75 Å². The maximum atomic E-state index is 6.27. The predicted molar refractivity (Wildman–Crippen MR) is 66.6 cm³/mol. The van der Waals surface area contributed by atoms with E-state index in [1.165, 1.54) is 11.1 Å². The summed E-state index contributed by atoms with van der Waals surface area (Å²) in [5, 5.41) is 0. The zero-order chi connectivity index (χ0) is 11.8. The second-order valence-electron chi connectivity index (χ2n) is 5.81. The van der Waals surface area contributed by atoms with Gasteiger partial charge in [-0.15, -0.1) is 0 Å². The van der Waals surface area contributed by atoms with Crippen molar-refractivity contribution in [2.75, 3.05) is 6.61 Å². The molecule has 2 heteroatoms. The lowest BCUT2D eigenvalue weighted by Gasteiger charge is -2.24. The van der Waals surface area contributed by atoms with Gasteiger partial charge in [-0.1, -0.05) is 39.0 Å². The van der Waals surface area contributed by atoms with E-state index in [1.807, 2.05) is 0 Å². The van der Waals surface area contributed by atoms with Crippen molar-refractivity contribution < 1.29 is 4.74 Å². The third-order valence-electron chi connectivity index (χ3n) is 2.98. The van der Waals surface area contributed by atoms with E-state index >= 15 is 0 Å². The number of hydrogen-bond acceptors (Lipinski definition) is 2. The van der Waals surface area contributed by atoms with E-state index in [2.05, 4.69) is 39.0 Å². The van der Waals surface area contributed by atoms with Crippen LogP contribution in [-0.4, -0.2) is 6.61 Å². The molecule has 1 atom stereocenters. The Bertz CT molecular complexity index is 379. The SMILES string of the molecule is CC(C)(C)CC(N)c1cccc2c1OCC2. The first-order chi connectivity index (χ1) is 7.47. The molecule has 0 saturated heterocycles. The Morgan fingerprint density at radius 2 is 2.12 bits per heavy atom. The molecule has 2 nitrogen and oxygen atoms in total. The zero-order valence-electron chi connectivity index (χ0n) is 10.4. The average molecular weight is 219 g/mol. The molecule has 1 aliphatic heterocycles. The Balaban J connectivity index is 2.24. The molecule has 1 aromatic rings. The molecule has 1 heterocycles. The topological polar surface area (TPSA) is 35.2 Å². The normalized spacial score (nSPS) is 16.8. The molecule has 88 valence electrons. The summed E-state index contributed by atoms with van der Waals surface area (Å²) in [7, 11) is 0. The van der Waals surface area contributed by atoms with Gasteiger partial charge >= 0.3 is 0 Å².